The van der Waals surface area contributed by atoms with Crippen molar-refractivity contribution < 1.29 is 41.8 Å². The molecule has 3 rings (SSSR count). The minimum atomic E-state index is -4.82. The van der Waals surface area contributed by atoms with Crippen LogP contribution in [0.2, 0.25) is 10.0 Å². The Balaban J connectivity index is 2.00. The predicted molar refractivity (Wildman–Crippen MR) is 128 cm³/mol. The number of benzene rings is 2. The number of ketones is 1. The average Bonchev–Trinajstić information content (AvgIpc) is 2.87. The van der Waals surface area contributed by atoms with E-state index in [0.717, 1.165) is 12.1 Å². The first-order valence-corrected chi connectivity index (χ1v) is 11.0. The lowest BCUT2D eigenvalue weighted by molar-refractivity contribution is -0.137. The maximum absolute atomic E-state index is 13.2. The number of para-hydroxylation sites is 1. The Morgan fingerprint density at radius 3 is 2.46 bits per heavy atom. The number of ether oxygens (including phenoxy) is 3. The number of esters is 1. The highest BCUT2D eigenvalue weighted by atomic mass is 35.5. The fraction of sp³-hybridized carbons (Fsp3) is 0.167. The number of hydrogen-bond acceptors (Lipinski definition) is 8. The van der Waals surface area contributed by atoms with Crippen LogP contribution in [0, 0.1) is 0 Å². The molecule has 0 radical (unpaired) electrons. The number of Topliss-reactive ketones (excluding diaryl/α,β-unsaturated/α-hetero) is 1. The summed E-state index contributed by atoms with van der Waals surface area (Å²) in [4.78, 5) is 41.0. The van der Waals surface area contributed by atoms with E-state index in [0.29, 0.717) is 6.07 Å². The number of alkyl halides is 3. The molecule has 0 fully saturated rings. The molecule has 1 heterocycles. The predicted octanol–water partition coefficient (Wildman–Crippen LogP) is 5.86. The van der Waals surface area contributed by atoms with Crippen LogP contribution in [0.3, 0.4) is 0 Å². The molecule has 194 valence electrons. The highest BCUT2D eigenvalue weighted by Gasteiger charge is 2.34. The number of halogens is 5. The van der Waals surface area contributed by atoms with Gasteiger partial charge in [-0.2, -0.15) is 13.2 Å². The average molecular weight is 557 g/mol. The van der Waals surface area contributed by atoms with Crippen molar-refractivity contribution in [3.63, 3.8) is 0 Å². The van der Waals surface area contributed by atoms with Gasteiger partial charge in [0.05, 0.1) is 29.8 Å². The van der Waals surface area contributed by atoms with Crippen molar-refractivity contribution in [3.8, 4) is 17.4 Å². The molecule has 1 N–H and O–H groups in total. The molecular formula is C24H17Cl2F3N2O6. The van der Waals surface area contributed by atoms with Gasteiger partial charge in [-0.1, -0.05) is 29.3 Å². The van der Waals surface area contributed by atoms with Gasteiger partial charge in [-0.05, 0) is 36.4 Å². The van der Waals surface area contributed by atoms with Crippen LogP contribution in [0.4, 0.5) is 18.9 Å². The van der Waals surface area contributed by atoms with Crippen LogP contribution in [-0.2, 0) is 15.7 Å². The molecule has 0 aliphatic rings. The highest BCUT2D eigenvalue weighted by Crippen LogP contribution is 2.39. The monoisotopic (exact) mass is 556 g/mol. The smallest absolute Gasteiger partial charge is 0.417 e. The maximum Gasteiger partial charge on any atom is 0.417 e. The van der Waals surface area contributed by atoms with Crippen molar-refractivity contribution in [1.29, 1.82) is 0 Å². The molecule has 0 aliphatic heterocycles. The molecule has 0 aliphatic carbocycles. The number of aldehydes is 1. The molecule has 1 aromatic heterocycles. The Morgan fingerprint density at radius 1 is 1.11 bits per heavy atom. The molecule has 37 heavy (non-hydrogen) atoms. The number of aromatic nitrogens is 1. The van der Waals surface area contributed by atoms with Crippen LogP contribution in [-0.4, -0.2) is 43.3 Å². The highest BCUT2D eigenvalue weighted by molar-refractivity contribution is 6.31. The van der Waals surface area contributed by atoms with Gasteiger partial charge in [-0.3, -0.25) is 4.79 Å². The topological polar surface area (TPSA) is 104 Å². The Hall–Kier alpha value is -3.83. The van der Waals surface area contributed by atoms with E-state index in [2.05, 4.69) is 10.3 Å². The third-order valence-corrected chi connectivity index (χ3v) is 5.44. The summed E-state index contributed by atoms with van der Waals surface area (Å²) in [7, 11) is 2.50. The number of nitrogens with zero attached hydrogens (tertiary/aromatic N) is 1. The van der Waals surface area contributed by atoms with Gasteiger partial charge in [-0.15, -0.1) is 0 Å². The molecule has 13 heteroatoms. The van der Waals surface area contributed by atoms with Crippen molar-refractivity contribution in [2.24, 2.45) is 0 Å². The fourth-order valence-electron chi connectivity index (χ4n) is 3.16. The quantitative estimate of drug-likeness (QED) is 0.151. The molecule has 1 atom stereocenters. The van der Waals surface area contributed by atoms with Gasteiger partial charge in [0.2, 0.25) is 5.88 Å². The van der Waals surface area contributed by atoms with E-state index in [1.807, 2.05) is 0 Å². The van der Waals surface area contributed by atoms with Crippen LogP contribution in [0.1, 0.15) is 26.3 Å². The first-order chi connectivity index (χ1) is 17.5. The number of nitrogens with one attached hydrogen (secondary N) is 1. The molecule has 1 unspecified atom stereocenters. The van der Waals surface area contributed by atoms with Gasteiger partial charge in [0.1, 0.15) is 23.6 Å². The summed E-state index contributed by atoms with van der Waals surface area (Å²) >= 11 is 11.6. The van der Waals surface area contributed by atoms with E-state index in [1.54, 1.807) is 0 Å². The third-order valence-electron chi connectivity index (χ3n) is 4.91. The number of rotatable bonds is 9. The molecule has 0 spiro atoms. The van der Waals surface area contributed by atoms with Gasteiger partial charge >= 0.3 is 12.1 Å². The first-order valence-electron chi connectivity index (χ1n) is 10.2. The number of carbonyl (C=O) groups is 3. The minimum absolute atomic E-state index is 0.0200. The van der Waals surface area contributed by atoms with E-state index < -0.39 is 40.1 Å². The summed E-state index contributed by atoms with van der Waals surface area (Å²) in [5, 5.41) is 2.04. The number of anilines is 1. The van der Waals surface area contributed by atoms with Crippen LogP contribution in [0.5, 0.6) is 17.4 Å². The molecule has 0 bridgehead atoms. The Bertz CT molecular complexity index is 1350. The summed E-state index contributed by atoms with van der Waals surface area (Å²) in [5.74, 6) is -1.92. The maximum atomic E-state index is 13.2. The lowest BCUT2D eigenvalue weighted by atomic mass is 10.0. The summed E-state index contributed by atoms with van der Waals surface area (Å²) in [6.07, 6.45) is -3.43. The lowest BCUT2D eigenvalue weighted by Gasteiger charge is -2.18. The van der Waals surface area contributed by atoms with Gasteiger partial charge in [-0.25, -0.2) is 9.78 Å². The molecular weight excluding hydrogens is 540 g/mol. The standard InChI is InChI=1S/C24H17Cl2F3N2O6/c1-35-19-5-3-4-14(23(34)36-2)21(19)37-22-17(9-13(25)10-30-22)31-18(11-32)20(33)12-6-7-16(26)15(8-12)24(27,28)29/h3-11,18,31H,1-2H3. The molecule has 2 aromatic carbocycles. The fourth-order valence-corrected chi connectivity index (χ4v) is 3.55. The van der Waals surface area contributed by atoms with Crippen LogP contribution in [0.15, 0.2) is 48.7 Å². The van der Waals surface area contributed by atoms with Crippen molar-refractivity contribution in [2.45, 2.75) is 12.2 Å². The summed E-state index contributed by atoms with van der Waals surface area (Å²) in [6, 6.07) is 6.55. The Morgan fingerprint density at radius 2 is 1.84 bits per heavy atom. The van der Waals surface area contributed by atoms with E-state index in [9.17, 15) is 27.6 Å². The Kier molecular flexibility index (Phi) is 8.61. The van der Waals surface area contributed by atoms with Crippen LogP contribution in [0.25, 0.3) is 0 Å². The first kappa shape index (κ1) is 27.8. The number of methoxy groups -OCH3 is 2. The van der Waals surface area contributed by atoms with Crippen LogP contribution >= 0.6 is 23.2 Å². The SMILES string of the molecule is COC(=O)c1cccc(OC)c1Oc1ncc(Cl)cc1NC(C=O)C(=O)c1ccc(Cl)c(C(F)(F)F)c1. The van der Waals surface area contributed by atoms with Crippen molar-refractivity contribution >= 4 is 46.9 Å². The molecule has 0 saturated carbocycles. The van der Waals surface area contributed by atoms with Gasteiger partial charge < -0.3 is 24.3 Å². The largest absolute Gasteiger partial charge is 0.493 e. The zero-order valence-electron chi connectivity index (χ0n) is 19.1. The Labute approximate surface area is 218 Å². The molecule has 0 amide bonds. The van der Waals surface area contributed by atoms with Crippen molar-refractivity contribution in [2.75, 3.05) is 19.5 Å². The van der Waals surface area contributed by atoms with Gasteiger partial charge in [0, 0.05) is 11.8 Å². The van der Waals surface area contributed by atoms with Crippen molar-refractivity contribution in [3.05, 3.63) is 75.4 Å². The normalized spacial score (nSPS) is 11.9. The zero-order valence-corrected chi connectivity index (χ0v) is 20.6. The van der Waals surface area contributed by atoms with E-state index in [4.69, 9.17) is 37.4 Å². The summed E-state index contributed by atoms with van der Waals surface area (Å²) in [5.41, 5.74) is -1.75. The molecule has 8 nitrogen and oxygen atoms in total. The number of hydrogen-bond donors (Lipinski definition) is 1. The van der Waals surface area contributed by atoms with E-state index in [1.165, 1.54) is 44.7 Å². The van der Waals surface area contributed by atoms with E-state index >= 15 is 0 Å². The van der Waals surface area contributed by atoms with Crippen molar-refractivity contribution in [1.82, 2.24) is 4.98 Å². The van der Waals surface area contributed by atoms with Crippen LogP contribution < -0.4 is 14.8 Å². The zero-order chi connectivity index (χ0) is 27.3. The second-order valence-corrected chi connectivity index (χ2v) is 8.10. The minimum Gasteiger partial charge on any atom is -0.493 e. The third kappa shape index (κ3) is 6.30. The van der Waals surface area contributed by atoms with E-state index in [-0.39, 0.29) is 39.9 Å². The number of pyridine rings is 1. The second-order valence-electron chi connectivity index (χ2n) is 7.25. The lowest BCUT2D eigenvalue weighted by Crippen LogP contribution is -2.31. The summed E-state index contributed by atoms with van der Waals surface area (Å²) in [6.45, 7) is 0. The number of carbonyl (C=O) groups excluding carboxylic acids is 3. The second kappa shape index (κ2) is 11.5. The van der Waals surface area contributed by atoms with Gasteiger partial charge in [0.25, 0.3) is 0 Å². The molecule has 3 aromatic rings. The van der Waals surface area contributed by atoms with Gasteiger partial charge in [0.15, 0.2) is 17.3 Å². The molecule has 0 saturated heterocycles. The summed E-state index contributed by atoms with van der Waals surface area (Å²) < 4.78 is 55.5.